The molecule has 1 aliphatic rings. The summed E-state index contributed by atoms with van der Waals surface area (Å²) in [5, 5.41) is 4.30. The first-order chi connectivity index (χ1) is 15.7. The summed E-state index contributed by atoms with van der Waals surface area (Å²) in [6.45, 7) is 6.37. The minimum absolute atomic E-state index is 0.208. The molecular formula is C27H26Cl2N2O2. The predicted molar refractivity (Wildman–Crippen MR) is 134 cm³/mol. The number of hydrogen-bond donors (Lipinski definition) is 1. The van der Waals surface area contributed by atoms with E-state index in [9.17, 15) is 9.59 Å². The number of nitrogens with one attached hydrogen (secondary N) is 1. The van der Waals surface area contributed by atoms with Crippen molar-refractivity contribution in [2.75, 3.05) is 4.90 Å². The van der Waals surface area contributed by atoms with Crippen LogP contribution in [0.4, 0.5) is 5.69 Å². The second-order valence-electron chi connectivity index (χ2n) is 8.85. The molecule has 1 N–H and O–H groups in total. The van der Waals surface area contributed by atoms with Gasteiger partial charge in [0.25, 0.3) is 0 Å². The van der Waals surface area contributed by atoms with Gasteiger partial charge in [0.05, 0.1) is 6.54 Å². The molecule has 0 saturated heterocycles. The smallest absolute Gasteiger partial charge is 0.243 e. The van der Waals surface area contributed by atoms with Crippen molar-refractivity contribution in [3.05, 3.63) is 98.5 Å². The summed E-state index contributed by atoms with van der Waals surface area (Å²) >= 11 is 12.2. The molecule has 33 heavy (non-hydrogen) atoms. The topological polar surface area (TPSA) is 49.4 Å². The number of halogens is 2. The average Bonchev–Trinajstić information content (AvgIpc) is 2.77. The van der Waals surface area contributed by atoms with Gasteiger partial charge in [-0.2, -0.15) is 0 Å². The molecule has 2 amide bonds. The minimum atomic E-state index is -1.21. The first-order valence-electron chi connectivity index (χ1n) is 10.9. The van der Waals surface area contributed by atoms with Crippen LogP contribution >= 0.6 is 23.2 Å². The van der Waals surface area contributed by atoms with Gasteiger partial charge < -0.3 is 10.2 Å². The number of fused-ring (bicyclic) bond motifs is 1. The SMILES string of the molecule is Cc1cc(Cl)ccc1CNC(=O)[C@]1(C)Cc2ccccc2N(Cc2ccc(Cl)cc2C)C1=O. The van der Waals surface area contributed by atoms with Gasteiger partial charge in [-0.15, -0.1) is 0 Å². The molecule has 0 bridgehead atoms. The molecule has 6 heteroatoms. The van der Waals surface area contributed by atoms with E-state index in [4.69, 9.17) is 23.2 Å². The standard InChI is InChI=1S/C27H26Cl2N2O2/c1-17-12-22(28)10-8-20(17)15-30-25(32)27(3)14-19-6-4-5-7-24(19)31(26(27)33)16-21-9-11-23(29)13-18(21)2/h4-13H,14-16H2,1-3H3,(H,30,32)/t27-/m0/s1. The summed E-state index contributed by atoms with van der Waals surface area (Å²) in [6.07, 6.45) is 0.351. The Bertz CT molecular complexity index is 1240. The minimum Gasteiger partial charge on any atom is -0.351 e. The zero-order chi connectivity index (χ0) is 23.8. The van der Waals surface area contributed by atoms with E-state index < -0.39 is 5.41 Å². The normalized spacial score (nSPS) is 17.6. The maximum Gasteiger partial charge on any atom is 0.243 e. The lowest BCUT2D eigenvalue weighted by Gasteiger charge is -2.40. The second-order valence-corrected chi connectivity index (χ2v) is 9.73. The maximum absolute atomic E-state index is 13.8. The Morgan fingerprint density at radius 1 is 0.970 bits per heavy atom. The van der Waals surface area contributed by atoms with Crippen LogP contribution in [0.1, 0.15) is 34.7 Å². The van der Waals surface area contributed by atoms with Gasteiger partial charge in [-0.05, 0) is 85.3 Å². The van der Waals surface area contributed by atoms with E-state index in [0.29, 0.717) is 29.6 Å². The van der Waals surface area contributed by atoms with E-state index in [0.717, 1.165) is 33.5 Å². The maximum atomic E-state index is 13.8. The molecule has 0 saturated carbocycles. The Labute approximate surface area is 204 Å². The quantitative estimate of drug-likeness (QED) is 0.453. The van der Waals surface area contributed by atoms with Crippen molar-refractivity contribution in [1.29, 1.82) is 0 Å². The zero-order valence-electron chi connectivity index (χ0n) is 18.9. The van der Waals surface area contributed by atoms with Crippen molar-refractivity contribution in [2.45, 2.75) is 40.3 Å². The number of nitrogens with zero attached hydrogens (tertiary/aromatic N) is 1. The molecule has 0 fully saturated rings. The van der Waals surface area contributed by atoms with Gasteiger partial charge >= 0.3 is 0 Å². The molecule has 170 valence electrons. The summed E-state index contributed by atoms with van der Waals surface area (Å²) < 4.78 is 0. The number of amides is 2. The number of hydrogen-bond acceptors (Lipinski definition) is 2. The van der Waals surface area contributed by atoms with Crippen molar-refractivity contribution < 1.29 is 9.59 Å². The number of benzene rings is 3. The highest BCUT2D eigenvalue weighted by molar-refractivity contribution is 6.31. The summed E-state index contributed by atoms with van der Waals surface area (Å²) in [5.74, 6) is -0.491. The van der Waals surface area contributed by atoms with Crippen molar-refractivity contribution in [1.82, 2.24) is 5.32 Å². The zero-order valence-corrected chi connectivity index (χ0v) is 20.4. The molecule has 3 aromatic rings. The predicted octanol–water partition coefficient (Wildman–Crippen LogP) is 6.02. The molecule has 1 heterocycles. The van der Waals surface area contributed by atoms with Crippen LogP contribution in [0.25, 0.3) is 0 Å². The Balaban J connectivity index is 1.63. The molecule has 0 aromatic heterocycles. The molecule has 3 aromatic carbocycles. The fourth-order valence-corrected chi connectivity index (χ4v) is 4.81. The van der Waals surface area contributed by atoms with Crippen LogP contribution in [-0.4, -0.2) is 11.8 Å². The van der Waals surface area contributed by atoms with Crippen molar-refractivity contribution in [3.8, 4) is 0 Å². The third kappa shape index (κ3) is 4.64. The summed E-state index contributed by atoms with van der Waals surface area (Å²) in [4.78, 5) is 28.9. The van der Waals surface area contributed by atoms with Gasteiger partial charge in [0.1, 0.15) is 5.41 Å². The number of anilines is 1. The van der Waals surface area contributed by atoms with Crippen molar-refractivity contribution >= 4 is 40.7 Å². The van der Waals surface area contributed by atoms with Gasteiger partial charge in [0, 0.05) is 22.3 Å². The van der Waals surface area contributed by atoms with Crippen molar-refractivity contribution in [3.63, 3.8) is 0 Å². The van der Waals surface area contributed by atoms with Gasteiger partial charge in [-0.25, -0.2) is 0 Å². The average molecular weight is 481 g/mol. The molecule has 0 spiro atoms. The summed E-state index contributed by atoms with van der Waals surface area (Å²) in [7, 11) is 0. The van der Waals surface area contributed by atoms with E-state index in [2.05, 4.69) is 5.32 Å². The lowest BCUT2D eigenvalue weighted by atomic mass is 9.77. The number of carbonyl (C=O) groups excluding carboxylic acids is 2. The Hall–Kier alpha value is -2.82. The molecule has 4 nitrogen and oxygen atoms in total. The largest absolute Gasteiger partial charge is 0.351 e. The summed E-state index contributed by atoms with van der Waals surface area (Å²) in [5.41, 5.74) is 4.56. The molecular weight excluding hydrogens is 455 g/mol. The molecule has 0 radical (unpaired) electrons. The third-order valence-electron chi connectivity index (χ3n) is 6.42. The van der Waals surface area contributed by atoms with E-state index in [1.165, 1.54) is 0 Å². The highest BCUT2D eigenvalue weighted by Gasteiger charge is 2.48. The Kier molecular flexibility index (Phi) is 6.51. The van der Waals surface area contributed by atoms with Gasteiger partial charge in [0.15, 0.2) is 0 Å². The first-order valence-corrected chi connectivity index (χ1v) is 11.6. The van der Waals surface area contributed by atoms with E-state index in [-0.39, 0.29) is 11.8 Å². The molecule has 1 aliphatic heterocycles. The monoisotopic (exact) mass is 480 g/mol. The molecule has 1 atom stereocenters. The van der Waals surface area contributed by atoms with Gasteiger partial charge in [0.2, 0.25) is 11.8 Å². The van der Waals surface area contributed by atoms with Crippen LogP contribution in [0, 0.1) is 19.3 Å². The second kappa shape index (κ2) is 9.20. The molecule has 0 aliphatic carbocycles. The van der Waals surface area contributed by atoms with Crippen LogP contribution in [0.5, 0.6) is 0 Å². The van der Waals surface area contributed by atoms with Crippen LogP contribution in [0.15, 0.2) is 60.7 Å². The Morgan fingerprint density at radius 2 is 1.58 bits per heavy atom. The number of rotatable bonds is 5. The highest BCUT2D eigenvalue weighted by Crippen LogP contribution is 2.39. The number of aryl methyl sites for hydroxylation is 2. The van der Waals surface area contributed by atoms with Crippen LogP contribution in [-0.2, 0) is 29.1 Å². The fourth-order valence-electron chi connectivity index (χ4n) is 4.36. The fraction of sp³-hybridized carbons (Fsp3) is 0.259. The Morgan fingerprint density at radius 3 is 2.21 bits per heavy atom. The van der Waals surface area contributed by atoms with Crippen LogP contribution < -0.4 is 10.2 Å². The lowest BCUT2D eigenvalue weighted by molar-refractivity contribution is -0.141. The van der Waals surface area contributed by atoms with E-state index in [1.54, 1.807) is 17.9 Å². The molecule has 4 rings (SSSR count). The number of carbonyl (C=O) groups is 2. The first kappa shape index (κ1) is 23.3. The van der Waals surface area contributed by atoms with E-state index in [1.807, 2.05) is 68.4 Å². The molecule has 0 unspecified atom stereocenters. The lowest BCUT2D eigenvalue weighted by Crippen LogP contribution is -2.55. The van der Waals surface area contributed by atoms with Crippen LogP contribution in [0.2, 0.25) is 10.0 Å². The summed E-state index contributed by atoms with van der Waals surface area (Å²) in [6, 6.07) is 19.0. The third-order valence-corrected chi connectivity index (χ3v) is 6.89. The van der Waals surface area contributed by atoms with Crippen LogP contribution in [0.3, 0.4) is 0 Å². The number of para-hydroxylation sites is 1. The van der Waals surface area contributed by atoms with Crippen molar-refractivity contribution in [2.24, 2.45) is 5.41 Å². The highest BCUT2D eigenvalue weighted by atomic mass is 35.5. The van der Waals surface area contributed by atoms with E-state index >= 15 is 0 Å². The van der Waals surface area contributed by atoms with Gasteiger partial charge in [-0.3, -0.25) is 9.59 Å². The van der Waals surface area contributed by atoms with Gasteiger partial charge in [-0.1, -0.05) is 53.5 Å².